The number of amides is 1. The van der Waals surface area contributed by atoms with Gasteiger partial charge in [-0.3, -0.25) is 4.79 Å². The minimum absolute atomic E-state index is 0.0220. The topological polar surface area (TPSA) is 52.9 Å². The summed E-state index contributed by atoms with van der Waals surface area (Å²) in [6.07, 6.45) is -2.75. The molecule has 0 aromatic rings. The van der Waals surface area contributed by atoms with E-state index in [2.05, 4.69) is 5.32 Å². The molecule has 3 atom stereocenters. The second-order valence-electron chi connectivity index (χ2n) is 4.81. The maximum atomic E-state index is 12.8. The molecule has 0 radical (unpaired) electrons. The predicted octanol–water partition coefficient (Wildman–Crippen LogP) is 2.77. The average molecular weight is 262 g/mol. The molecule has 0 aromatic heterocycles. The number of rotatable bonds is 3. The van der Waals surface area contributed by atoms with Crippen LogP contribution in [0.5, 0.6) is 0 Å². The lowest BCUT2D eigenvalue weighted by Gasteiger charge is -2.32. The molecule has 0 bridgehead atoms. The number of alkyl halides is 3. The van der Waals surface area contributed by atoms with Crippen molar-refractivity contribution in [1.29, 1.82) is 5.26 Å². The first-order valence-corrected chi connectivity index (χ1v) is 6.10. The first-order valence-electron chi connectivity index (χ1n) is 6.10. The molecule has 0 spiro atoms. The third kappa shape index (κ3) is 3.90. The molecule has 0 saturated heterocycles. The number of nitrogens with zero attached hydrogens (tertiary/aromatic N) is 1. The van der Waals surface area contributed by atoms with Gasteiger partial charge in [0.15, 0.2) is 0 Å². The summed E-state index contributed by atoms with van der Waals surface area (Å²) < 4.78 is 38.4. The summed E-state index contributed by atoms with van der Waals surface area (Å²) >= 11 is 0. The van der Waals surface area contributed by atoms with Crippen LogP contribution < -0.4 is 5.32 Å². The van der Waals surface area contributed by atoms with Crippen molar-refractivity contribution in [2.24, 2.45) is 11.8 Å². The van der Waals surface area contributed by atoms with Crippen LogP contribution in [0.1, 0.15) is 39.0 Å². The van der Waals surface area contributed by atoms with Gasteiger partial charge in [-0.2, -0.15) is 18.4 Å². The molecular formula is C12H17F3N2O. The molecule has 1 aliphatic carbocycles. The van der Waals surface area contributed by atoms with Crippen molar-refractivity contribution in [1.82, 2.24) is 5.32 Å². The standard InChI is InChI=1S/C12H17F3N2O/c1-8(6-7-16)17-11(18)9-4-2-3-5-10(9)12(13,14)15/h8-10H,2-6H2,1H3,(H,17,18). The largest absolute Gasteiger partial charge is 0.392 e. The van der Waals surface area contributed by atoms with Crippen LogP contribution in [0.4, 0.5) is 13.2 Å². The van der Waals surface area contributed by atoms with Gasteiger partial charge in [0.2, 0.25) is 5.91 Å². The number of hydrogen-bond acceptors (Lipinski definition) is 2. The van der Waals surface area contributed by atoms with Gasteiger partial charge < -0.3 is 5.32 Å². The summed E-state index contributed by atoms with van der Waals surface area (Å²) in [7, 11) is 0. The highest BCUT2D eigenvalue weighted by Crippen LogP contribution is 2.41. The van der Waals surface area contributed by atoms with Crippen molar-refractivity contribution in [2.75, 3.05) is 0 Å². The van der Waals surface area contributed by atoms with Crippen molar-refractivity contribution in [2.45, 2.75) is 51.2 Å². The van der Waals surface area contributed by atoms with Crippen LogP contribution in [0.3, 0.4) is 0 Å². The Hall–Kier alpha value is -1.25. The Bertz CT molecular complexity index is 335. The van der Waals surface area contributed by atoms with Gasteiger partial charge in [0.25, 0.3) is 0 Å². The predicted molar refractivity (Wildman–Crippen MR) is 59.3 cm³/mol. The van der Waals surface area contributed by atoms with Gasteiger partial charge in [-0.05, 0) is 19.8 Å². The molecule has 0 aromatic carbocycles. The Morgan fingerprint density at radius 3 is 2.61 bits per heavy atom. The van der Waals surface area contributed by atoms with Gasteiger partial charge >= 0.3 is 6.18 Å². The minimum Gasteiger partial charge on any atom is -0.352 e. The SMILES string of the molecule is CC(CC#N)NC(=O)C1CCCCC1C(F)(F)F. The number of hydrogen-bond donors (Lipinski definition) is 1. The van der Waals surface area contributed by atoms with Gasteiger partial charge in [-0.25, -0.2) is 0 Å². The third-order valence-corrected chi connectivity index (χ3v) is 3.31. The van der Waals surface area contributed by atoms with Crippen molar-refractivity contribution in [3.63, 3.8) is 0 Å². The van der Waals surface area contributed by atoms with Crippen LogP contribution in [0.25, 0.3) is 0 Å². The number of carbonyl (C=O) groups is 1. The maximum absolute atomic E-state index is 12.8. The average Bonchev–Trinajstić information content (AvgIpc) is 2.28. The monoisotopic (exact) mass is 262 g/mol. The smallest absolute Gasteiger partial charge is 0.352 e. The zero-order valence-corrected chi connectivity index (χ0v) is 10.3. The van der Waals surface area contributed by atoms with E-state index in [0.717, 1.165) is 0 Å². The summed E-state index contributed by atoms with van der Waals surface area (Å²) in [5.74, 6) is -3.11. The van der Waals surface area contributed by atoms with E-state index < -0.39 is 30.0 Å². The van der Waals surface area contributed by atoms with Gasteiger partial charge in [0, 0.05) is 12.0 Å². The second kappa shape index (κ2) is 6.07. The molecule has 0 aliphatic heterocycles. The Kier molecular flexibility index (Phi) is 5.00. The summed E-state index contributed by atoms with van der Waals surface area (Å²) in [5, 5.41) is 11.0. The lowest BCUT2D eigenvalue weighted by molar-refractivity contribution is -0.198. The molecule has 102 valence electrons. The normalized spacial score (nSPS) is 26.2. The van der Waals surface area contributed by atoms with Gasteiger partial charge in [-0.15, -0.1) is 0 Å². The van der Waals surface area contributed by atoms with E-state index >= 15 is 0 Å². The van der Waals surface area contributed by atoms with Gasteiger partial charge in [0.1, 0.15) is 0 Å². The highest BCUT2D eigenvalue weighted by molar-refractivity contribution is 5.79. The van der Waals surface area contributed by atoms with E-state index in [1.54, 1.807) is 6.92 Å². The van der Waals surface area contributed by atoms with Crippen LogP contribution in [0, 0.1) is 23.2 Å². The Morgan fingerprint density at radius 2 is 2.06 bits per heavy atom. The third-order valence-electron chi connectivity index (χ3n) is 3.31. The highest BCUT2D eigenvalue weighted by Gasteiger charge is 2.48. The number of nitrogens with one attached hydrogen (secondary N) is 1. The molecule has 1 saturated carbocycles. The quantitative estimate of drug-likeness (QED) is 0.850. The molecule has 1 fully saturated rings. The first kappa shape index (κ1) is 14.8. The molecule has 3 nitrogen and oxygen atoms in total. The summed E-state index contributed by atoms with van der Waals surface area (Å²) in [6.45, 7) is 1.62. The molecule has 6 heteroatoms. The van der Waals surface area contributed by atoms with Crippen LogP contribution in [-0.2, 0) is 4.79 Å². The molecule has 18 heavy (non-hydrogen) atoms. The Morgan fingerprint density at radius 1 is 1.44 bits per heavy atom. The van der Waals surface area contributed by atoms with E-state index in [0.29, 0.717) is 12.8 Å². The molecule has 3 unspecified atom stereocenters. The molecule has 1 rings (SSSR count). The van der Waals surface area contributed by atoms with Crippen molar-refractivity contribution in [3.05, 3.63) is 0 Å². The fraction of sp³-hybridized carbons (Fsp3) is 0.833. The summed E-state index contributed by atoms with van der Waals surface area (Å²) in [6, 6.07) is 1.48. The van der Waals surface area contributed by atoms with Crippen LogP contribution in [0.15, 0.2) is 0 Å². The second-order valence-corrected chi connectivity index (χ2v) is 4.81. The fourth-order valence-corrected chi connectivity index (χ4v) is 2.37. The molecule has 1 amide bonds. The Labute approximate surface area is 104 Å². The first-order chi connectivity index (χ1) is 8.36. The minimum atomic E-state index is -4.32. The van der Waals surface area contributed by atoms with Crippen molar-refractivity contribution < 1.29 is 18.0 Å². The summed E-state index contributed by atoms with van der Waals surface area (Å²) in [5.41, 5.74) is 0. The molecule has 0 heterocycles. The number of halogens is 3. The molecule has 1 N–H and O–H groups in total. The number of carbonyl (C=O) groups excluding carboxylic acids is 1. The van der Waals surface area contributed by atoms with Gasteiger partial charge in [-0.1, -0.05) is 12.8 Å². The van der Waals surface area contributed by atoms with E-state index in [1.165, 1.54) is 0 Å². The van der Waals surface area contributed by atoms with Crippen molar-refractivity contribution >= 4 is 5.91 Å². The molecular weight excluding hydrogens is 245 g/mol. The fourth-order valence-electron chi connectivity index (χ4n) is 2.37. The van der Waals surface area contributed by atoms with Crippen molar-refractivity contribution in [3.8, 4) is 6.07 Å². The maximum Gasteiger partial charge on any atom is 0.392 e. The van der Waals surface area contributed by atoms with E-state index in [-0.39, 0.29) is 19.3 Å². The number of nitriles is 1. The lowest BCUT2D eigenvalue weighted by Crippen LogP contribution is -2.45. The zero-order chi connectivity index (χ0) is 13.8. The van der Waals surface area contributed by atoms with E-state index in [4.69, 9.17) is 5.26 Å². The molecule has 1 aliphatic rings. The van der Waals surface area contributed by atoms with Crippen LogP contribution in [-0.4, -0.2) is 18.1 Å². The van der Waals surface area contributed by atoms with E-state index in [9.17, 15) is 18.0 Å². The lowest BCUT2D eigenvalue weighted by atomic mass is 9.78. The van der Waals surface area contributed by atoms with E-state index in [1.807, 2.05) is 6.07 Å². The zero-order valence-electron chi connectivity index (χ0n) is 10.3. The Balaban J connectivity index is 2.66. The summed E-state index contributed by atoms with van der Waals surface area (Å²) in [4.78, 5) is 11.8. The highest BCUT2D eigenvalue weighted by atomic mass is 19.4. The van der Waals surface area contributed by atoms with Crippen LogP contribution >= 0.6 is 0 Å². The van der Waals surface area contributed by atoms with Gasteiger partial charge in [0.05, 0.1) is 18.4 Å². The van der Waals surface area contributed by atoms with Crippen LogP contribution in [0.2, 0.25) is 0 Å².